The third-order valence-corrected chi connectivity index (χ3v) is 3.23. The second kappa shape index (κ2) is 5.73. The molecule has 0 radical (unpaired) electrons. The average Bonchev–Trinajstić information content (AvgIpc) is 2.91. The number of nitrogens with zero attached hydrogens (tertiary/aromatic N) is 2. The molecule has 110 valence electrons. The first-order chi connectivity index (χ1) is 10.6. The summed E-state index contributed by atoms with van der Waals surface area (Å²) >= 11 is 0. The molecule has 3 rings (SSSR count). The van der Waals surface area contributed by atoms with Crippen LogP contribution in [0.4, 0.5) is 0 Å². The van der Waals surface area contributed by atoms with E-state index in [1.807, 2.05) is 54.6 Å². The topological polar surface area (TPSA) is 64.4 Å². The van der Waals surface area contributed by atoms with Crippen molar-refractivity contribution in [1.82, 2.24) is 9.78 Å². The number of rotatable bonds is 4. The standard InChI is InChI=1S/C17H14N2O3/c1-19-16(17(20)21)11-15(18-19)12-7-9-14(10-8-12)22-13-5-3-2-4-6-13/h2-11H,1H3,(H,20,21). The minimum absolute atomic E-state index is 0.152. The van der Waals surface area contributed by atoms with E-state index in [4.69, 9.17) is 9.84 Å². The van der Waals surface area contributed by atoms with E-state index in [0.717, 1.165) is 11.3 Å². The van der Waals surface area contributed by atoms with E-state index in [1.165, 1.54) is 4.68 Å². The maximum absolute atomic E-state index is 11.0. The van der Waals surface area contributed by atoms with Crippen LogP contribution >= 0.6 is 0 Å². The Morgan fingerprint density at radius 2 is 1.68 bits per heavy atom. The van der Waals surface area contributed by atoms with Crippen LogP contribution in [0.2, 0.25) is 0 Å². The van der Waals surface area contributed by atoms with Gasteiger partial charge in [0, 0.05) is 12.6 Å². The van der Waals surface area contributed by atoms with E-state index in [2.05, 4.69) is 5.10 Å². The second-order valence-corrected chi connectivity index (χ2v) is 4.78. The van der Waals surface area contributed by atoms with Gasteiger partial charge in [-0.25, -0.2) is 4.79 Å². The van der Waals surface area contributed by atoms with Crippen LogP contribution in [0.15, 0.2) is 60.7 Å². The van der Waals surface area contributed by atoms with Gasteiger partial charge in [0.1, 0.15) is 17.2 Å². The van der Waals surface area contributed by atoms with Crippen molar-refractivity contribution < 1.29 is 14.6 Å². The maximum atomic E-state index is 11.0. The van der Waals surface area contributed by atoms with Crippen molar-refractivity contribution in [3.05, 3.63) is 66.4 Å². The molecule has 0 saturated heterocycles. The number of para-hydroxylation sites is 1. The van der Waals surface area contributed by atoms with Crippen molar-refractivity contribution in [3.63, 3.8) is 0 Å². The Kier molecular flexibility index (Phi) is 3.62. The Bertz CT molecular complexity index is 793. The molecule has 22 heavy (non-hydrogen) atoms. The van der Waals surface area contributed by atoms with E-state index in [0.29, 0.717) is 11.4 Å². The van der Waals surface area contributed by atoms with Crippen molar-refractivity contribution >= 4 is 5.97 Å². The smallest absolute Gasteiger partial charge is 0.354 e. The Morgan fingerprint density at radius 3 is 2.27 bits per heavy atom. The van der Waals surface area contributed by atoms with Gasteiger partial charge in [-0.05, 0) is 42.5 Å². The van der Waals surface area contributed by atoms with E-state index in [-0.39, 0.29) is 5.69 Å². The Morgan fingerprint density at radius 1 is 1.05 bits per heavy atom. The highest BCUT2D eigenvalue weighted by Crippen LogP contribution is 2.25. The highest BCUT2D eigenvalue weighted by atomic mass is 16.5. The van der Waals surface area contributed by atoms with Gasteiger partial charge in [0.05, 0.1) is 5.69 Å². The number of carbonyl (C=O) groups is 1. The van der Waals surface area contributed by atoms with Gasteiger partial charge in [0.25, 0.3) is 0 Å². The van der Waals surface area contributed by atoms with Crippen LogP contribution in [0.5, 0.6) is 11.5 Å². The van der Waals surface area contributed by atoms with Gasteiger partial charge in [-0.15, -0.1) is 0 Å². The number of carboxylic acid groups (broad SMARTS) is 1. The summed E-state index contributed by atoms with van der Waals surface area (Å²) < 4.78 is 7.07. The fourth-order valence-electron chi connectivity index (χ4n) is 2.13. The van der Waals surface area contributed by atoms with E-state index >= 15 is 0 Å². The predicted octanol–water partition coefficient (Wildman–Crippen LogP) is 3.58. The molecule has 0 bridgehead atoms. The lowest BCUT2D eigenvalue weighted by atomic mass is 10.1. The molecule has 0 unspecified atom stereocenters. The van der Waals surface area contributed by atoms with E-state index in [1.54, 1.807) is 13.1 Å². The van der Waals surface area contributed by atoms with Gasteiger partial charge < -0.3 is 9.84 Å². The molecule has 2 aromatic carbocycles. The lowest BCUT2D eigenvalue weighted by Crippen LogP contribution is -2.04. The lowest BCUT2D eigenvalue weighted by molar-refractivity contribution is 0.0685. The van der Waals surface area contributed by atoms with Crippen LogP contribution in [0.3, 0.4) is 0 Å². The number of hydrogen-bond donors (Lipinski definition) is 1. The number of ether oxygens (including phenoxy) is 1. The molecule has 1 N–H and O–H groups in total. The summed E-state index contributed by atoms with van der Waals surface area (Å²) in [6, 6.07) is 18.4. The van der Waals surface area contributed by atoms with Crippen molar-refractivity contribution in [2.24, 2.45) is 7.05 Å². The SMILES string of the molecule is Cn1nc(-c2ccc(Oc3ccccc3)cc2)cc1C(=O)O. The molecule has 0 spiro atoms. The van der Waals surface area contributed by atoms with Crippen LogP contribution in [-0.2, 0) is 7.05 Å². The summed E-state index contributed by atoms with van der Waals surface area (Å²) in [5.74, 6) is 0.482. The van der Waals surface area contributed by atoms with Crippen LogP contribution in [-0.4, -0.2) is 20.9 Å². The Hall–Kier alpha value is -3.08. The van der Waals surface area contributed by atoms with Crippen molar-refractivity contribution in [3.8, 4) is 22.8 Å². The summed E-state index contributed by atoms with van der Waals surface area (Å²) in [5, 5.41) is 13.3. The summed E-state index contributed by atoms with van der Waals surface area (Å²) in [6.45, 7) is 0. The van der Waals surface area contributed by atoms with E-state index in [9.17, 15) is 4.79 Å². The third-order valence-electron chi connectivity index (χ3n) is 3.23. The molecule has 5 heteroatoms. The summed E-state index contributed by atoms with van der Waals surface area (Å²) in [4.78, 5) is 11.0. The number of hydrogen-bond acceptors (Lipinski definition) is 3. The average molecular weight is 294 g/mol. The fraction of sp³-hybridized carbons (Fsp3) is 0.0588. The molecule has 0 saturated carbocycles. The number of aryl methyl sites for hydroxylation is 1. The van der Waals surface area contributed by atoms with E-state index < -0.39 is 5.97 Å². The highest BCUT2D eigenvalue weighted by Gasteiger charge is 2.12. The minimum atomic E-state index is -0.995. The molecule has 0 aliphatic rings. The van der Waals surface area contributed by atoms with Gasteiger partial charge in [-0.3, -0.25) is 4.68 Å². The lowest BCUT2D eigenvalue weighted by Gasteiger charge is -2.05. The normalized spacial score (nSPS) is 10.4. The van der Waals surface area contributed by atoms with Crippen molar-refractivity contribution in [1.29, 1.82) is 0 Å². The summed E-state index contributed by atoms with van der Waals surface area (Å²) in [7, 11) is 1.61. The zero-order valence-corrected chi connectivity index (χ0v) is 11.9. The summed E-state index contributed by atoms with van der Waals surface area (Å²) in [5.41, 5.74) is 1.61. The van der Waals surface area contributed by atoms with Crippen LogP contribution in [0.1, 0.15) is 10.5 Å². The van der Waals surface area contributed by atoms with Crippen LogP contribution in [0.25, 0.3) is 11.3 Å². The first kappa shape index (κ1) is 13.9. The van der Waals surface area contributed by atoms with Gasteiger partial charge in [-0.2, -0.15) is 5.10 Å². The van der Waals surface area contributed by atoms with Crippen molar-refractivity contribution in [2.45, 2.75) is 0 Å². The van der Waals surface area contributed by atoms with Gasteiger partial charge in [0.2, 0.25) is 0 Å². The number of aromatic carboxylic acids is 1. The first-order valence-electron chi connectivity index (χ1n) is 6.74. The molecule has 0 aliphatic heterocycles. The molecular weight excluding hydrogens is 280 g/mol. The largest absolute Gasteiger partial charge is 0.477 e. The van der Waals surface area contributed by atoms with Gasteiger partial charge in [-0.1, -0.05) is 18.2 Å². The third kappa shape index (κ3) is 2.83. The fourth-order valence-corrected chi connectivity index (χ4v) is 2.13. The molecule has 1 aromatic heterocycles. The molecule has 0 atom stereocenters. The Balaban J connectivity index is 1.82. The molecular formula is C17H14N2O3. The molecule has 3 aromatic rings. The Labute approximate surface area is 127 Å². The number of aromatic nitrogens is 2. The monoisotopic (exact) mass is 294 g/mol. The quantitative estimate of drug-likeness (QED) is 0.798. The molecule has 1 heterocycles. The van der Waals surface area contributed by atoms with Crippen LogP contribution < -0.4 is 4.74 Å². The first-order valence-corrected chi connectivity index (χ1v) is 6.74. The van der Waals surface area contributed by atoms with Crippen molar-refractivity contribution in [2.75, 3.05) is 0 Å². The zero-order chi connectivity index (χ0) is 15.5. The zero-order valence-electron chi connectivity index (χ0n) is 11.9. The van der Waals surface area contributed by atoms with Crippen LogP contribution in [0, 0.1) is 0 Å². The molecule has 0 aliphatic carbocycles. The second-order valence-electron chi connectivity index (χ2n) is 4.78. The number of carboxylic acids is 1. The summed E-state index contributed by atoms with van der Waals surface area (Å²) in [6.07, 6.45) is 0. The predicted molar refractivity (Wildman–Crippen MR) is 82.1 cm³/mol. The van der Waals surface area contributed by atoms with Gasteiger partial charge >= 0.3 is 5.97 Å². The minimum Gasteiger partial charge on any atom is -0.477 e. The highest BCUT2D eigenvalue weighted by molar-refractivity contribution is 5.87. The molecule has 0 fully saturated rings. The number of benzene rings is 2. The van der Waals surface area contributed by atoms with Gasteiger partial charge in [0.15, 0.2) is 0 Å². The maximum Gasteiger partial charge on any atom is 0.354 e. The molecule has 5 nitrogen and oxygen atoms in total. The molecule has 0 amide bonds.